The van der Waals surface area contributed by atoms with Crippen LogP contribution in [-0.2, 0) is 11.4 Å². The Morgan fingerprint density at radius 2 is 1.88 bits per heavy atom. The summed E-state index contributed by atoms with van der Waals surface area (Å²) < 4.78 is 15.3. The van der Waals surface area contributed by atoms with Gasteiger partial charge in [0, 0.05) is 0 Å². The smallest absolute Gasteiger partial charge is 0.144 e. The first kappa shape index (κ1) is 13.8. The largest absolute Gasteiger partial charge is 0.591 e. The van der Waals surface area contributed by atoms with Crippen molar-refractivity contribution in [3.05, 3.63) is 33.8 Å². The van der Waals surface area contributed by atoms with Crippen LogP contribution >= 0.6 is 23.2 Å². The molecule has 0 unspecified atom stereocenters. The van der Waals surface area contributed by atoms with Gasteiger partial charge in [0.15, 0.2) is 0 Å². The number of halogens is 2. The van der Waals surface area contributed by atoms with Crippen molar-refractivity contribution in [2.75, 3.05) is 0 Å². The van der Waals surface area contributed by atoms with E-state index in [-0.39, 0.29) is 4.75 Å². The molecule has 0 aromatic heterocycles. The van der Waals surface area contributed by atoms with Crippen LogP contribution < -0.4 is 0 Å². The molecule has 0 saturated heterocycles. The summed E-state index contributed by atoms with van der Waals surface area (Å²) in [6.07, 6.45) is 1.55. The van der Waals surface area contributed by atoms with E-state index < -0.39 is 11.4 Å². The zero-order valence-corrected chi connectivity index (χ0v) is 11.7. The van der Waals surface area contributed by atoms with Gasteiger partial charge >= 0.3 is 0 Å². The van der Waals surface area contributed by atoms with Crippen molar-refractivity contribution in [1.82, 2.24) is 0 Å². The molecule has 16 heavy (non-hydrogen) atoms. The molecule has 0 N–H and O–H groups in total. The molecule has 1 rings (SSSR count). The molecule has 2 nitrogen and oxygen atoms in total. The van der Waals surface area contributed by atoms with E-state index in [4.69, 9.17) is 23.2 Å². The highest BCUT2D eigenvalue weighted by atomic mass is 35.5. The summed E-state index contributed by atoms with van der Waals surface area (Å²) in [6, 6.07) is 5.15. The Labute approximate surface area is 109 Å². The van der Waals surface area contributed by atoms with Gasteiger partial charge in [0.05, 0.1) is 16.3 Å². The van der Waals surface area contributed by atoms with Gasteiger partial charge in [0.1, 0.15) is 16.1 Å². The summed E-state index contributed by atoms with van der Waals surface area (Å²) in [7, 11) is 0. The Hall–Kier alpha value is -0.220. The first-order chi connectivity index (χ1) is 7.30. The highest BCUT2D eigenvalue weighted by Gasteiger charge is 2.25. The number of hydrogen-bond donors (Lipinski definition) is 0. The van der Waals surface area contributed by atoms with E-state index in [9.17, 15) is 4.55 Å². The second kappa shape index (κ2) is 5.41. The van der Waals surface area contributed by atoms with Gasteiger partial charge in [-0.25, -0.2) is 0 Å². The molecule has 0 aliphatic carbocycles. The van der Waals surface area contributed by atoms with Crippen molar-refractivity contribution < 1.29 is 4.55 Å². The van der Waals surface area contributed by atoms with Crippen LogP contribution in [0.25, 0.3) is 0 Å². The van der Waals surface area contributed by atoms with Gasteiger partial charge in [0.2, 0.25) is 0 Å². The van der Waals surface area contributed by atoms with Crippen LogP contribution in [0.5, 0.6) is 0 Å². The maximum Gasteiger partial charge on any atom is 0.144 e. The Balaban J connectivity index is 2.81. The van der Waals surface area contributed by atoms with Crippen molar-refractivity contribution >= 4 is 40.8 Å². The topological polar surface area (TPSA) is 35.4 Å². The van der Waals surface area contributed by atoms with Crippen LogP contribution in [0, 0.1) is 0 Å². The Bertz CT molecular complexity index is 401. The molecule has 88 valence electrons. The third-order valence-corrected chi connectivity index (χ3v) is 3.85. The molecule has 1 atom stereocenters. The standard InChI is InChI=1S/C11H13Cl2NOS/c1-11(2,3)16(15)14-7-8-4-5-9(12)10(13)6-8/h4-7H,1-3H3/t16-/m1/s1. The third-order valence-electron chi connectivity index (χ3n) is 1.77. The van der Waals surface area contributed by atoms with Crippen molar-refractivity contribution in [3.63, 3.8) is 0 Å². The minimum Gasteiger partial charge on any atom is -0.591 e. The van der Waals surface area contributed by atoms with Gasteiger partial charge in [-0.3, -0.25) is 0 Å². The fraction of sp³-hybridized carbons (Fsp3) is 0.364. The molecule has 0 aliphatic heterocycles. The van der Waals surface area contributed by atoms with Crippen LogP contribution in [-0.4, -0.2) is 15.5 Å². The van der Waals surface area contributed by atoms with E-state index in [1.807, 2.05) is 20.8 Å². The van der Waals surface area contributed by atoms with E-state index in [2.05, 4.69) is 4.40 Å². The fourth-order valence-electron chi connectivity index (χ4n) is 0.860. The van der Waals surface area contributed by atoms with Crippen LogP contribution in [0.15, 0.2) is 22.6 Å². The second-order valence-corrected chi connectivity index (χ2v) is 7.02. The monoisotopic (exact) mass is 277 g/mol. The van der Waals surface area contributed by atoms with Gasteiger partial charge < -0.3 is 4.55 Å². The van der Waals surface area contributed by atoms with E-state index in [0.29, 0.717) is 10.0 Å². The molecular weight excluding hydrogens is 265 g/mol. The van der Waals surface area contributed by atoms with Gasteiger partial charge in [-0.05, 0) is 38.5 Å². The Morgan fingerprint density at radius 1 is 1.25 bits per heavy atom. The minimum atomic E-state index is -1.26. The zero-order valence-electron chi connectivity index (χ0n) is 9.33. The fourth-order valence-corrected chi connectivity index (χ4v) is 1.70. The molecule has 0 saturated carbocycles. The second-order valence-electron chi connectivity index (χ2n) is 4.27. The van der Waals surface area contributed by atoms with Gasteiger partial charge in [-0.15, -0.1) is 0 Å². The predicted molar refractivity (Wildman–Crippen MR) is 72.0 cm³/mol. The minimum absolute atomic E-state index is 0.354. The van der Waals surface area contributed by atoms with Crippen LogP contribution in [0.2, 0.25) is 10.0 Å². The molecule has 0 fully saturated rings. The summed E-state index contributed by atoms with van der Waals surface area (Å²) in [5, 5.41) is 0.961. The first-order valence-corrected chi connectivity index (χ1v) is 6.58. The highest BCUT2D eigenvalue weighted by Crippen LogP contribution is 2.22. The first-order valence-electron chi connectivity index (χ1n) is 4.72. The number of benzene rings is 1. The maximum atomic E-state index is 11.6. The average Bonchev–Trinajstić information content (AvgIpc) is 2.18. The molecule has 0 spiro atoms. The maximum absolute atomic E-state index is 11.6. The Kier molecular flexibility index (Phi) is 4.68. The summed E-state index contributed by atoms with van der Waals surface area (Å²) in [5.74, 6) is 0. The molecule has 0 heterocycles. The molecule has 1 aromatic rings. The molecule has 0 aliphatic rings. The normalized spacial score (nSPS) is 14.4. The van der Waals surface area contributed by atoms with E-state index in [0.717, 1.165) is 5.56 Å². The summed E-state index contributed by atoms with van der Waals surface area (Å²) >= 11 is 10.4. The molecule has 0 amide bonds. The van der Waals surface area contributed by atoms with Crippen molar-refractivity contribution in [1.29, 1.82) is 0 Å². The average molecular weight is 278 g/mol. The van der Waals surface area contributed by atoms with E-state index >= 15 is 0 Å². The lowest BCUT2D eigenvalue weighted by molar-refractivity contribution is 0.562. The van der Waals surface area contributed by atoms with Crippen molar-refractivity contribution in [2.24, 2.45) is 4.40 Å². The number of nitrogens with zero attached hydrogens (tertiary/aromatic N) is 1. The van der Waals surface area contributed by atoms with Gasteiger partial charge in [-0.2, -0.15) is 0 Å². The highest BCUT2D eigenvalue weighted by molar-refractivity contribution is 7.91. The lowest BCUT2D eigenvalue weighted by Crippen LogP contribution is -2.25. The zero-order chi connectivity index (χ0) is 12.3. The van der Waals surface area contributed by atoms with E-state index in [1.165, 1.54) is 0 Å². The van der Waals surface area contributed by atoms with Crippen molar-refractivity contribution in [3.8, 4) is 0 Å². The number of rotatable bonds is 2. The van der Waals surface area contributed by atoms with Crippen molar-refractivity contribution in [2.45, 2.75) is 25.5 Å². The molecule has 5 heteroatoms. The number of hydrogen-bond acceptors (Lipinski definition) is 2. The predicted octanol–water partition coefficient (Wildman–Crippen LogP) is 3.87. The summed E-state index contributed by atoms with van der Waals surface area (Å²) in [6.45, 7) is 5.61. The van der Waals surface area contributed by atoms with Gasteiger partial charge in [0.25, 0.3) is 0 Å². The van der Waals surface area contributed by atoms with Crippen LogP contribution in [0.4, 0.5) is 0 Å². The lowest BCUT2D eigenvalue weighted by atomic mass is 10.2. The third kappa shape index (κ3) is 3.98. The lowest BCUT2D eigenvalue weighted by Gasteiger charge is -2.17. The molecular formula is C11H13Cl2NOS. The van der Waals surface area contributed by atoms with Gasteiger partial charge in [-0.1, -0.05) is 33.7 Å². The van der Waals surface area contributed by atoms with Crippen LogP contribution in [0.1, 0.15) is 26.3 Å². The summed E-state index contributed by atoms with van der Waals surface area (Å²) in [5.41, 5.74) is 0.784. The van der Waals surface area contributed by atoms with E-state index in [1.54, 1.807) is 24.4 Å². The van der Waals surface area contributed by atoms with Crippen LogP contribution in [0.3, 0.4) is 0 Å². The molecule has 1 aromatic carbocycles. The Morgan fingerprint density at radius 3 is 2.38 bits per heavy atom. The summed E-state index contributed by atoms with van der Waals surface area (Å²) in [4.78, 5) is 0. The SMILES string of the molecule is CC(C)(C)[S@@+]([O-])N=Cc1ccc(Cl)c(Cl)c1. The molecule has 0 radical (unpaired) electrons. The molecule has 0 bridgehead atoms. The quantitative estimate of drug-likeness (QED) is 0.597.